The normalized spacial score (nSPS) is 28.1. The van der Waals surface area contributed by atoms with E-state index in [9.17, 15) is 0 Å². The van der Waals surface area contributed by atoms with Crippen LogP contribution in [-0.4, -0.2) is 43.1 Å². The third kappa shape index (κ3) is 3.13. The Morgan fingerprint density at radius 2 is 2.21 bits per heavy atom. The maximum absolute atomic E-state index is 5.92. The minimum absolute atomic E-state index is 0.217. The standard InChI is InChI=1S/C16H22ClNO/c17-10-15-12-18(8-9-19-15)11-14-6-3-5-13-4-1-2-7-16(13)14/h1-2,4,7,14-15H,3,5-6,8-12H2. The number of hydrogen-bond acceptors (Lipinski definition) is 2. The van der Waals surface area contributed by atoms with Gasteiger partial charge in [-0.15, -0.1) is 11.6 Å². The van der Waals surface area contributed by atoms with Gasteiger partial charge in [0.1, 0.15) is 0 Å². The largest absolute Gasteiger partial charge is 0.374 e. The van der Waals surface area contributed by atoms with Crippen molar-refractivity contribution in [2.75, 3.05) is 32.1 Å². The van der Waals surface area contributed by atoms with Crippen LogP contribution in [-0.2, 0) is 11.2 Å². The molecule has 1 aliphatic heterocycles. The summed E-state index contributed by atoms with van der Waals surface area (Å²) in [5.41, 5.74) is 3.13. The predicted molar refractivity (Wildman–Crippen MR) is 79.0 cm³/mol. The van der Waals surface area contributed by atoms with Crippen molar-refractivity contribution in [2.24, 2.45) is 0 Å². The van der Waals surface area contributed by atoms with Crippen molar-refractivity contribution in [2.45, 2.75) is 31.3 Å². The summed E-state index contributed by atoms with van der Waals surface area (Å²) in [6.07, 6.45) is 4.11. The summed E-state index contributed by atoms with van der Waals surface area (Å²) in [6, 6.07) is 8.96. The molecule has 2 aliphatic rings. The van der Waals surface area contributed by atoms with Gasteiger partial charge in [-0.25, -0.2) is 0 Å². The fourth-order valence-electron chi connectivity index (χ4n) is 3.40. The van der Waals surface area contributed by atoms with Crippen LogP contribution in [0.25, 0.3) is 0 Å². The van der Waals surface area contributed by atoms with Crippen molar-refractivity contribution < 1.29 is 4.74 Å². The Morgan fingerprint density at radius 3 is 3.11 bits per heavy atom. The molecule has 19 heavy (non-hydrogen) atoms. The Bertz CT molecular complexity index is 423. The van der Waals surface area contributed by atoms with Gasteiger partial charge < -0.3 is 4.74 Å². The Hall–Kier alpha value is -0.570. The van der Waals surface area contributed by atoms with Gasteiger partial charge >= 0.3 is 0 Å². The van der Waals surface area contributed by atoms with Crippen molar-refractivity contribution >= 4 is 11.6 Å². The van der Waals surface area contributed by atoms with Crippen LogP contribution < -0.4 is 0 Å². The van der Waals surface area contributed by atoms with Crippen molar-refractivity contribution in [1.82, 2.24) is 4.90 Å². The van der Waals surface area contributed by atoms with Crippen LogP contribution in [0.3, 0.4) is 0 Å². The fourth-order valence-corrected chi connectivity index (χ4v) is 3.58. The number of ether oxygens (including phenoxy) is 1. The molecule has 1 heterocycles. The van der Waals surface area contributed by atoms with E-state index in [1.807, 2.05) is 0 Å². The van der Waals surface area contributed by atoms with Crippen molar-refractivity contribution in [3.63, 3.8) is 0 Å². The van der Waals surface area contributed by atoms with E-state index in [0.29, 0.717) is 11.8 Å². The van der Waals surface area contributed by atoms with E-state index in [-0.39, 0.29) is 6.10 Å². The van der Waals surface area contributed by atoms with E-state index >= 15 is 0 Å². The van der Waals surface area contributed by atoms with Gasteiger partial charge in [-0.05, 0) is 36.3 Å². The first kappa shape index (κ1) is 13.4. The fraction of sp³-hybridized carbons (Fsp3) is 0.625. The summed E-state index contributed by atoms with van der Waals surface area (Å²) in [4.78, 5) is 2.53. The maximum atomic E-state index is 5.92. The molecule has 1 aliphatic carbocycles. The molecule has 0 aromatic heterocycles. The number of aryl methyl sites for hydroxylation is 1. The number of fused-ring (bicyclic) bond motifs is 1. The van der Waals surface area contributed by atoms with Crippen LogP contribution in [0.4, 0.5) is 0 Å². The lowest BCUT2D eigenvalue weighted by Gasteiger charge is -2.36. The van der Waals surface area contributed by atoms with Gasteiger partial charge in [-0.1, -0.05) is 24.3 Å². The molecular formula is C16H22ClNO. The Labute approximate surface area is 120 Å². The zero-order valence-corrected chi connectivity index (χ0v) is 12.1. The topological polar surface area (TPSA) is 12.5 Å². The lowest BCUT2D eigenvalue weighted by atomic mass is 9.82. The van der Waals surface area contributed by atoms with Gasteiger partial charge in [0.25, 0.3) is 0 Å². The lowest BCUT2D eigenvalue weighted by Crippen LogP contribution is -2.45. The molecule has 0 amide bonds. The van der Waals surface area contributed by atoms with Crippen molar-refractivity contribution in [3.8, 4) is 0 Å². The highest BCUT2D eigenvalue weighted by Gasteiger charge is 2.25. The number of nitrogens with zero attached hydrogens (tertiary/aromatic N) is 1. The molecule has 104 valence electrons. The summed E-state index contributed by atoms with van der Waals surface area (Å²) in [5, 5.41) is 0. The Kier molecular flexibility index (Phi) is 4.42. The molecule has 0 spiro atoms. The van der Waals surface area contributed by atoms with E-state index in [2.05, 4.69) is 29.2 Å². The number of rotatable bonds is 3. The van der Waals surface area contributed by atoms with Crippen LogP contribution in [0.5, 0.6) is 0 Å². The minimum atomic E-state index is 0.217. The smallest absolute Gasteiger partial charge is 0.0837 e. The monoisotopic (exact) mass is 279 g/mol. The van der Waals surface area contributed by atoms with E-state index in [0.717, 1.165) is 26.2 Å². The van der Waals surface area contributed by atoms with Gasteiger partial charge in [0.15, 0.2) is 0 Å². The maximum Gasteiger partial charge on any atom is 0.0837 e. The highest BCUT2D eigenvalue weighted by molar-refractivity contribution is 6.18. The average Bonchev–Trinajstić information content (AvgIpc) is 2.48. The molecule has 1 saturated heterocycles. The SMILES string of the molecule is ClCC1CN(CC2CCCc3ccccc32)CCO1. The summed E-state index contributed by atoms with van der Waals surface area (Å²) in [6.45, 7) is 4.02. The molecule has 2 atom stereocenters. The first-order valence-corrected chi connectivity index (χ1v) is 7.88. The summed E-state index contributed by atoms with van der Waals surface area (Å²) in [5.74, 6) is 1.30. The summed E-state index contributed by atoms with van der Waals surface area (Å²) in [7, 11) is 0. The highest BCUT2D eigenvalue weighted by atomic mass is 35.5. The zero-order chi connectivity index (χ0) is 13.1. The molecule has 1 aromatic rings. The van der Waals surface area contributed by atoms with Crippen LogP contribution in [0.15, 0.2) is 24.3 Å². The molecule has 0 saturated carbocycles. The van der Waals surface area contributed by atoms with Crippen molar-refractivity contribution in [3.05, 3.63) is 35.4 Å². The number of benzene rings is 1. The Balaban J connectivity index is 1.67. The van der Waals surface area contributed by atoms with Gasteiger partial charge in [0.05, 0.1) is 12.7 Å². The van der Waals surface area contributed by atoms with Crippen molar-refractivity contribution in [1.29, 1.82) is 0 Å². The molecule has 2 nitrogen and oxygen atoms in total. The number of halogens is 1. The molecule has 0 bridgehead atoms. The second kappa shape index (κ2) is 6.25. The van der Waals surface area contributed by atoms with E-state index < -0.39 is 0 Å². The number of hydrogen-bond donors (Lipinski definition) is 0. The third-order valence-corrected chi connectivity index (χ3v) is 4.71. The van der Waals surface area contributed by atoms with Gasteiger partial charge in [0, 0.05) is 25.5 Å². The first-order valence-electron chi connectivity index (χ1n) is 7.34. The summed E-state index contributed by atoms with van der Waals surface area (Å²) < 4.78 is 5.64. The van der Waals surface area contributed by atoms with E-state index in [1.165, 1.54) is 19.3 Å². The molecule has 0 radical (unpaired) electrons. The molecule has 3 rings (SSSR count). The zero-order valence-electron chi connectivity index (χ0n) is 11.4. The molecular weight excluding hydrogens is 258 g/mol. The predicted octanol–water partition coefficient (Wildman–Crippen LogP) is 3.05. The Morgan fingerprint density at radius 1 is 1.32 bits per heavy atom. The van der Waals surface area contributed by atoms with Crippen LogP contribution in [0, 0.1) is 0 Å². The molecule has 3 heteroatoms. The van der Waals surface area contributed by atoms with Crippen LogP contribution in [0.1, 0.15) is 29.9 Å². The average molecular weight is 280 g/mol. The van der Waals surface area contributed by atoms with E-state index in [4.69, 9.17) is 16.3 Å². The van der Waals surface area contributed by atoms with Crippen LogP contribution >= 0.6 is 11.6 Å². The molecule has 1 fully saturated rings. The van der Waals surface area contributed by atoms with Gasteiger partial charge in [-0.3, -0.25) is 4.90 Å². The summed E-state index contributed by atoms with van der Waals surface area (Å²) >= 11 is 5.92. The highest BCUT2D eigenvalue weighted by Crippen LogP contribution is 2.32. The second-order valence-electron chi connectivity index (χ2n) is 5.69. The lowest BCUT2D eigenvalue weighted by molar-refractivity contribution is -0.0187. The molecule has 0 N–H and O–H groups in total. The third-order valence-electron chi connectivity index (χ3n) is 4.37. The quantitative estimate of drug-likeness (QED) is 0.789. The van der Waals surface area contributed by atoms with Gasteiger partial charge in [-0.2, -0.15) is 0 Å². The molecule has 2 unspecified atom stereocenters. The first-order chi connectivity index (χ1) is 9.36. The number of alkyl halides is 1. The van der Waals surface area contributed by atoms with E-state index in [1.54, 1.807) is 11.1 Å². The van der Waals surface area contributed by atoms with Gasteiger partial charge in [0.2, 0.25) is 0 Å². The minimum Gasteiger partial charge on any atom is -0.374 e. The second-order valence-corrected chi connectivity index (χ2v) is 6.00. The van der Waals surface area contributed by atoms with Crippen LogP contribution in [0.2, 0.25) is 0 Å². The number of morpholine rings is 1. The molecule has 1 aromatic carbocycles.